The molecule has 1 rings (SSSR count). The van der Waals surface area contributed by atoms with Crippen LogP contribution in [0.15, 0.2) is 5.38 Å². The Hall–Kier alpha value is -0.620. The Morgan fingerprint density at radius 3 is 2.71 bits per heavy atom. The summed E-state index contributed by atoms with van der Waals surface area (Å²) in [5.74, 6) is 0.131. The fourth-order valence-corrected chi connectivity index (χ4v) is 2.92. The molecule has 0 bridgehead atoms. The van der Waals surface area contributed by atoms with E-state index >= 15 is 0 Å². The fourth-order valence-electron chi connectivity index (χ4n) is 1.13. The van der Waals surface area contributed by atoms with Gasteiger partial charge in [-0.2, -0.15) is 0 Å². The Morgan fingerprint density at radius 1 is 1.64 bits per heavy atom. The summed E-state index contributed by atoms with van der Waals surface area (Å²) in [6.07, 6.45) is 1.23. The summed E-state index contributed by atoms with van der Waals surface area (Å²) in [5, 5.41) is 5.75. The van der Waals surface area contributed by atoms with Crippen LogP contribution in [-0.2, 0) is 9.84 Å². The second-order valence-corrected chi connectivity index (χ2v) is 6.47. The molecular weight excluding hydrogens is 220 g/mol. The summed E-state index contributed by atoms with van der Waals surface area (Å²) in [4.78, 5) is 4.19. The first kappa shape index (κ1) is 11.5. The predicted molar refractivity (Wildman–Crippen MR) is 59.6 cm³/mol. The zero-order valence-corrected chi connectivity index (χ0v) is 10.1. The van der Waals surface area contributed by atoms with Crippen molar-refractivity contribution < 1.29 is 8.42 Å². The maximum Gasteiger partial charge on any atom is 0.183 e. The minimum atomic E-state index is -2.92. The van der Waals surface area contributed by atoms with Gasteiger partial charge < -0.3 is 5.32 Å². The van der Waals surface area contributed by atoms with Gasteiger partial charge in [-0.1, -0.05) is 0 Å². The van der Waals surface area contributed by atoms with E-state index in [9.17, 15) is 8.42 Å². The summed E-state index contributed by atoms with van der Waals surface area (Å²) in [5.41, 5.74) is 0.948. The van der Waals surface area contributed by atoms with E-state index in [4.69, 9.17) is 0 Å². The maximum atomic E-state index is 11.0. The molecule has 0 saturated carbocycles. The monoisotopic (exact) mass is 234 g/mol. The highest BCUT2D eigenvalue weighted by Crippen LogP contribution is 2.15. The highest BCUT2D eigenvalue weighted by Gasteiger charge is 2.11. The first-order valence-electron chi connectivity index (χ1n) is 4.23. The standard InChI is InChI=1S/C8H14N2O2S2/c1-6-4-13-8(9-6)10-7(2)5-14(3,11)12/h4,7H,5H2,1-3H3,(H,9,10). The zero-order chi connectivity index (χ0) is 10.8. The van der Waals surface area contributed by atoms with Gasteiger partial charge in [0.15, 0.2) is 5.13 Å². The van der Waals surface area contributed by atoms with Crippen molar-refractivity contribution in [2.45, 2.75) is 19.9 Å². The van der Waals surface area contributed by atoms with Crippen LogP contribution in [-0.4, -0.2) is 31.5 Å². The summed E-state index contributed by atoms with van der Waals surface area (Å²) in [6.45, 7) is 3.74. The van der Waals surface area contributed by atoms with Crippen LogP contribution >= 0.6 is 11.3 Å². The average Bonchev–Trinajstić information content (AvgIpc) is 2.30. The number of aromatic nitrogens is 1. The predicted octanol–water partition coefficient (Wildman–Crippen LogP) is 1.30. The second-order valence-electron chi connectivity index (χ2n) is 3.43. The minimum absolute atomic E-state index is 0.101. The molecule has 1 atom stereocenters. The lowest BCUT2D eigenvalue weighted by molar-refractivity contribution is 0.598. The van der Waals surface area contributed by atoms with Crippen molar-refractivity contribution >= 4 is 26.3 Å². The van der Waals surface area contributed by atoms with Crippen molar-refractivity contribution in [3.05, 3.63) is 11.1 Å². The molecular formula is C8H14N2O2S2. The maximum absolute atomic E-state index is 11.0. The molecule has 0 spiro atoms. The van der Waals surface area contributed by atoms with Gasteiger partial charge in [-0.25, -0.2) is 13.4 Å². The van der Waals surface area contributed by atoms with Gasteiger partial charge in [0, 0.05) is 17.7 Å². The Morgan fingerprint density at radius 2 is 2.29 bits per heavy atom. The Labute approximate surface area is 88.3 Å². The molecule has 1 aromatic heterocycles. The molecule has 4 nitrogen and oxygen atoms in total. The quantitative estimate of drug-likeness (QED) is 0.853. The van der Waals surface area contributed by atoms with Crippen LogP contribution in [0.1, 0.15) is 12.6 Å². The first-order chi connectivity index (χ1) is 6.37. The molecule has 1 heterocycles. The molecule has 14 heavy (non-hydrogen) atoms. The third-order valence-corrected chi connectivity index (χ3v) is 3.54. The third-order valence-electron chi connectivity index (χ3n) is 1.54. The van der Waals surface area contributed by atoms with Gasteiger partial charge in [0.05, 0.1) is 11.4 Å². The minimum Gasteiger partial charge on any atom is -0.358 e. The van der Waals surface area contributed by atoms with Crippen LogP contribution in [0.3, 0.4) is 0 Å². The number of aryl methyl sites for hydroxylation is 1. The second kappa shape index (κ2) is 4.27. The Balaban J connectivity index is 2.53. The molecule has 0 aliphatic carbocycles. The average molecular weight is 234 g/mol. The Kier molecular flexibility index (Phi) is 3.49. The molecule has 1 unspecified atom stereocenters. The van der Waals surface area contributed by atoms with Crippen molar-refractivity contribution in [3.63, 3.8) is 0 Å². The fraction of sp³-hybridized carbons (Fsp3) is 0.625. The summed E-state index contributed by atoms with van der Waals surface area (Å²) < 4.78 is 22.0. The molecule has 0 fully saturated rings. The summed E-state index contributed by atoms with van der Waals surface area (Å²) in [6, 6.07) is -0.101. The number of hydrogen-bond donors (Lipinski definition) is 1. The van der Waals surface area contributed by atoms with Gasteiger partial charge in [-0.05, 0) is 13.8 Å². The van der Waals surface area contributed by atoms with Crippen molar-refractivity contribution in [2.75, 3.05) is 17.3 Å². The highest BCUT2D eigenvalue weighted by atomic mass is 32.2. The van der Waals surface area contributed by atoms with E-state index in [0.29, 0.717) is 0 Å². The van der Waals surface area contributed by atoms with E-state index in [1.807, 2.05) is 19.2 Å². The number of sulfone groups is 1. The molecule has 0 saturated heterocycles. The number of hydrogen-bond acceptors (Lipinski definition) is 5. The zero-order valence-electron chi connectivity index (χ0n) is 8.44. The van der Waals surface area contributed by atoms with E-state index in [2.05, 4.69) is 10.3 Å². The van der Waals surface area contributed by atoms with E-state index in [-0.39, 0.29) is 11.8 Å². The third kappa shape index (κ3) is 4.06. The van der Waals surface area contributed by atoms with Gasteiger partial charge in [-0.3, -0.25) is 0 Å². The van der Waals surface area contributed by atoms with Crippen LogP contribution in [0.25, 0.3) is 0 Å². The molecule has 1 aromatic rings. The lowest BCUT2D eigenvalue weighted by Gasteiger charge is -2.10. The molecule has 80 valence electrons. The van der Waals surface area contributed by atoms with Crippen molar-refractivity contribution in [2.24, 2.45) is 0 Å². The highest BCUT2D eigenvalue weighted by molar-refractivity contribution is 7.90. The largest absolute Gasteiger partial charge is 0.358 e. The molecule has 0 aliphatic rings. The van der Waals surface area contributed by atoms with Crippen molar-refractivity contribution in [3.8, 4) is 0 Å². The number of anilines is 1. The first-order valence-corrected chi connectivity index (χ1v) is 7.17. The molecule has 6 heteroatoms. The van der Waals surface area contributed by atoms with Crippen LogP contribution in [0.5, 0.6) is 0 Å². The van der Waals surface area contributed by atoms with Gasteiger partial charge in [0.1, 0.15) is 9.84 Å². The molecule has 0 aliphatic heterocycles. The molecule has 0 amide bonds. The van der Waals surface area contributed by atoms with Crippen LogP contribution in [0.2, 0.25) is 0 Å². The van der Waals surface area contributed by atoms with E-state index < -0.39 is 9.84 Å². The lowest BCUT2D eigenvalue weighted by Crippen LogP contribution is -2.24. The van der Waals surface area contributed by atoms with E-state index in [1.165, 1.54) is 17.6 Å². The van der Waals surface area contributed by atoms with Gasteiger partial charge >= 0.3 is 0 Å². The Bertz CT molecular complexity index is 397. The van der Waals surface area contributed by atoms with E-state index in [1.54, 1.807) is 0 Å². The molecule has 0 radical (unpaired) electrons. The smallest absolute Gasteiger partial charge is 0.183 e. The van der Waals surface area contributed by atoms with Crippen LogP contribution < -0.4 is 5.32 Å². The number of rotatable bonds is 4. The number of thiazole rings is 1. The number of nitrogens with one attached hydrogen (secondary N) is 1. The lowest BCUT2D eigenvalue weighted by atomic mass is 10.4. The summed E-state index contributed by atoms with van der Waals surface area (Å²) >= 11 is 1.49. The van der Waals surface area contributed by atoms with Crippen LogP contribution in [0, 0.1) is 6.92 Å². The normalized spacial score (nSPS) is 13.9. The SMILES string of the molecule is Cc1csc(NC(C)CS(C)(=O)=O)n1. The van der Waals surface area contributed by atoms with Crippen LogP contribution in [0.4, 0.5) is 5.13 Å². The van der Waals surface area contributed by atoms with Gasteiger partial charge in [0.25, 0.3) is 0 Å². The molecule has 1 N–H and O–H groups in total. The topological polar surface area (TPSA) is 59.1 Å². The van der Waals surface area contributed by atoms with Gasteiger partial charge in [-0.15, -0.1) is 11.3 Å². The molecule has 0 aromatic carbocycles. The summed E-state index contributed by atoms with van der Waals surface area (Å²) in [7, 11) is -2.92. The van der Waals surface area contributed by atoms with Gasteiger partial charge in [0.2, 0.25) is 0 Å². The number of nitrogens with zero attached hydrogens (tertiary/aromatic N) is 1. The van der Waals surface area contributed by atoms with Crippen molar-refractivity contribution in [1.29, 1.82) is 0 Å². The van der Waals surface area contributed by atoms with Crippen molar-refractivity contribution in [1.82, 2.24) is 4.98 Å². The van der Waals surface area contributed by atoms with E-state index in [0.717, 1.165) is 10.8 Å².